The number of nitrogens with two attached hydrogens (primary N) is 1. The molecular formula is C27H23ClFN3O3. The summed E-state index contributed by atoms with van der Waals surface area (Å²) in [7, 11) is 0. The summed E-state index contributed by atoms with van der Waals surface area (Å²) in [5.41, 5.74) is 1.25. The van der Waals surface area contributed by atoms with Gasteiger partial charge in [-0.1, -0.05) is 84.4 Å². The molecule has 0 aliphatic rings. The van der Waals surface area contributed by atoms with Gasteiger partial charge in [-0.25, -0.2) is 4.39 Å². The number of nitrogens with zero attached hydrogens (tertiary/aromatic N) is 1. The molecule has 0 saturated carbocycles. The molecule has 0 fully saturated rings. The Labute approximate surface area is 206 Å². The maximum atomic E-state index is 14.5. The first-order valence-corrected chi connectivity index (χ1v) is 11.3. The molecule has 3 aromatic carbocycles. The predicted octanol–water partition coefficient (Wildman–Crippen LogP) is 5.09. The number of aromatic nitrogens is 1. The molecule has 0 spiro atoms. The van der Waals surface area contributed by atoms with Gasteiger partial charge in [0.2, 0.25) is 5.43 Å². The first-order valence-electron chi connectivity index (χ1n) is 10.9. The number of hydrogen-bond donors (Lipinski definition) is 2. The minimum Gasteiger partial charge on any atom is -0.482 e. The Hall–Kier alpha value is -4.10. The molecule has 8 heteroatoms. The Morgan fingerprint density at radius 2 is 1.71 bits per heavy atom. The summed E-state index contributed by atoms with van der Waals surface area (Å²) < 4.78 is 21.4. The van der Waals surface area contributed by atoms with Crippen LogP contribution < -0.4 is 21.3 Å². The summed E-state index contributed by atoms with van der Waals surface area (Å²) in [6.07, 6.45) is 1.38. The van der Waals surface area contributed by atoms with Crippen LogP contribution in [0.2, 0.25) is 5.02 Å². The molecule has 0 radical (unpaired) electrons. The van der Waals surface area contributed by atoms with Crippen LogP contribution in [0.15, 0.2) is 89.9 Å². The van der Waals surface area contributed by atoms with Crippen molar-refractivity contribution in [2.24, 2.45) is 0 Å². The van der Waals surface area contributed by atoms with Gasteiger partial charge >= 0.3 is 0 Å². The van der Waals surface area contributed by atoms with Gasteiger partial charge < -0.3 is 15.9 Å². The highest BCUT2D eigenvalue weighted by Crippen LogP contribution is 2.25. The largest absolute Gasteiger partial charge is 0.482 e. The predicted molar refractivity (Wildman–Crippen MR) is 134 cm³/mol. The van der Waals surface area contributed by atoms with Gasteiger partial charge in [0.25, 0.3) is 5.91 Å². The maximum absolute atomic E-state index is 14.5. The summed E-state index contributed by atoms with van der Waals surface area (Å²) in [6.45, 7) is 1.65. The van der Waals surface area contributed by atoms with Crippen molar-refractivity contribution in [2.45, 2.75) is 19.6 Å². The zero-order valence-corrected chi connectivity index (χ0v) is 19.6. The zero-order chi connectivity index (χ0) is 24.9. The van der Waals surface area contributed by atoms with Gasteiger partial charge in [0, 0.05) is 11.8 Å². The van der Waals surface area contributed by atoms with E-state index in [1.54, 1.807) is 37.3 Å². The molecule has 1 heterocycles. The molecule has 1 atom stereocenters. The van der Waals surface area contributed by atoms with Crippen LogP contribution in [0, 0.1) is 5.82 Å². The van der Waals surface area contributed by atoms with Crippen LogP contribution in [0.3, 0.4) is 0 Å². The van der Waals surface area contributed by atoms with Gasteiger partial charge in [0.05, 0.1) is 16.6 Å². The SMILES string of the molecule is CC(NC(=O)c1c(OCc2ccccc2)c(=O)c(-c2ccccc2)cn1N)c1cccc(Cl)c1F. The number of pyridine rings is 1. The quantitative estimate of drug-likeness (QED) is 0.352. The molecule has 1 amide bonds. The monoisotopic (exact) mass is 491 g/mol. The third-order valence-electron chi connectivity index (χ3n) is 5.51. The molecule has 0 aliphatic heterocycles. The Kier molecular flexibility index (Phi) is 7.17. The van der Waals surface area contributed by atoms with Gasteiger partial charge in [-0.05, 0) is 24.1 Å². The standard InChI is InChI=1S/C27H23ClFN3O3/c1-17(20-13-8-14-22(28)23(20)29)31-27(34)24-26(35-16-18-9-4-2-5-10-18)25(33)21(15-32(24)30)19-11-6-3-7-12-19/h2-15,17H,16,30H2,1H3,(H,31,34). The molecular weight excluding hydrogens is 469 g/mol. The van der Waals surface area contributed by atoms with E-state index in [0.717, 1.165) is 10.2 Å². The van der Waals surface area contributed by atoms with Crippen LogP contribution in [0.4, 0.5) is 4.39 Å². The number of halogens is 2. The summed E-state index contributed by atoms with van der Waals surface area (Å²) in [5.74, 6) is 4.68. The van der Waals surface area contributed by atoms with E-state index in [0.29, 0.717) is 5.56 Å². The van der Waals surface area contributed by atoms with Crippen LogP contribution >= 0.6 is 11.6 Å². The Bertz CT molecular complexity index is 1410. The lowest BCUT2D eigenvalue weighted by Gasteiger charge is -2.19. The lowest BCUT2D eigenvalue weighted by atomic mass is 10.1. The fourth-order valence-corrected chi connectivity index (χ4v) is 3.90. The Balaban J connectivity index is 1.74. The van der Waals surface area contributed by atoms with Crippen molar-refractivity contribution in [1.82, 2.24) is 9.99 Å². The van der Waals surface area contributed by atoms with Gasteiger partial charge in [-0.15, -0.1) is 0 Å². The highest BCUT2D eigenvalue weighted by Gasteiger charge is 2.25. The normalized spacial score (nSPS) is 11.6. The number of carbonyl (C=O) groups excluding carboxylic acids is 1. The van der Waals surface area contributed by atoms with Crippen molar-refractivity contribution in [3.8, 4) is 16.9 Å². The van der Waals surface area contributed by atoms with E-state index < -0.39 is 23.2 Å². The number of nitrogen functional groups attached to an aromatic ring is 1. The second kappa shape index (κ2) is 10.4. The molecule has 6 nitrogen and oxygen atoms in total. The zero-order valence-electron chi connectivity index (χ0n) is 18.9. The number of amides is 1. The number of rotatable bonds is 7. The summed E-state index contributed by atoms with van der Waals surface area (Å²) in [4.78, 5) is 26.8. The molecule has 1 unspecified atom stereocenters. The van der Waals surface area contributed by atoms with Crippen molar-refractivity contribution in [3.05, 3.63) is 123 Å². The molecule has 3 N–H and O–H groups in total. The summed E-state index contributed by atoms with van der Waals surface area (Å²) in [6, 6.07) is 21.9. The van der Waals surface area contributed by atoms with Gasteiger partial charge in [-0.3, -0.25) is 14.3 Å². The molecule has 35 heavy (non-hydrogen) atoms. The number of nitrogens with one attached hydrogen (secondary N) is 1. The third-order valence-corrected chi connectivity index (χ3v) is 5.81. The number of benzene rings is 3. The van der Waals surface area contributed by atoms with Crippen LogP contribution in [0.5, 0.6) is 5.75 Å². The summed E-state index contributed by atoms with van der Waals surface area (Å²) >= 11 is 5.88. The maximum Gasteiger partial charge on any atom is 0.274 e. The lowest BCUT2D eigenvalue weighted by Crippen LogP contribution is -2.34. The van der Waals surface area contributed by atoms with Crippen LogP contribution in [-0.4, -0.2) is 10.6 Å². The molecule has 1 aromatic heterocycles. The van der Waals surface area contributed by atoms with Crippen molar-refractivity contribution in [2.75, 3.05) is 5.84 Å². The second-order valence-corrected chi connectivity index (χ2v) is 8.34. The fraction of sp³-hybridized carbons (Fsp3) is 0.111. The smallest absolute Gasteiger partial charge is 0.274 e. The van der Waals surface area contributed by atoms with E-state index in [-0.39, 0.29) is 34.2 Å². The topological polar surface area (TPSA) is 86.3 Å². The average Bonchev–Trinajstić information content (AvgIpc) is 2.86. The molecule has 4 rings (SSSR count). The molecule has 0 aliphatic carbocycles. The highest BCUT2D eigenvalue weighted by molar-refractivity contribution is 6.30. The lowest BCUT2D eigenvalue weighted by molar-refractivity contribution is 0.0925. The van der Waals surface area contributed by atoms with Gasteiger partial charge in [0.1, 0.15) is 12.4 Å². The van der Waals surface area contributed by atoms with E-state index in [1.165, 1.54) is 18.3 Å². The van der Waals surface area contributed by atoms with Crippen molar-refractivity contribution >= 4 is 17.5 Å². The van der Waals surface area contributed by atoms with Crippen molar-refractivity contribution in [1.29, 1.82) is 0 Å². The number of hydrogen-bond acceptors (Lipinski definition) is 4. The van der Waals surface area contributed by atoms with Crippen molar-refractivity contribution < 1.29 is 13.9 Å². The molecule has 4 aromatic rings. The van der Waals surface area contributed by atoms with E-state index in [9.17, 15) is 14.0 Å². The number of carbonyl (C=O) groups is 1. The summed E-state index contributed by atoms with van der Waals surface area (Å²) in [5, 5.41) is 2.63. The molecule has 0 saturated heterocycles. The van der Waals surface area contributed by atoms with Gasteiger partial charge in [-0.2, -0.15) is 0 Å². The minimum absolute atomic E-state index is 0.0487. The van der Waals surface area contributed by atoms with Crippen LogP contribution in [0.25, 0.3) is 11.1 Å². The van der Waals surface area contributed by atoms with E-state index >= 15 is 0 Å². The number of ether oxygens (including phenoxy) is 1. The molecule has 0 bridgehead atoms. The fourth-order valence-electron chi connectivity index (χ4n) is 3.71. The highest BCUT2D eigenvalue weighted by atomic mass is 35.5. The minimum atomic E-state index is -0.757. The second-order valence-electron chi connectivity index (χ2n) is 7.94. The average molecular weight is 492 g/mol. The Morgan fingerprint density at radius 1 is 1.06 bits per heavy atom. The molecule has 178 valence electrons. The first-order chi connectivity index (χ1) is 16.9. The van der Waals surface area contributed by atoms with Crippen molar-refractivity contribution in [3.63, 3.8) is 0 Å². The van der Waals surface area contributed by atoms with Crippen LogP contribution in [-0.2, 0) is 6.61 Å². The van der Waals surface area contributed by atoms with Gasteiger partial charge in [0.15, 0.2) is 11.4 Å². The third kappa shape index (κ3) is 5.20. The van der Waals surface area contributed by atoms with E-state index in [2.05, 4.69) is 5.32 Å². The Morgan fingerprint density at radius 3 is 2.40 bits per heavy atom. The first kappa shape index (κ1) is 24.0. The van der Waals surface area contributed by atoms with E-state index in [1.807, 2.05) is 36.4 Å². The van der Waals surface area contributed by atoms with E-state index in [4.69, 9.17) is 22.2 Å². The van der Waals surface area contributed by atoms with Crippen LogP contribution in [0.1, 0.15) is 34.6 Å².